The minimum Gasteiger partial charge on any atom is -0.280 e. The van der Waals surface area contributed by atoms with E-state index in [-0.39, 0.29) is 26.6 Å². The molecule has 0 aliphatic carbocycles. The lowest BCUT2D eigenvalue weighted by atomic mass is 10.1. The molecule has 2 aromatic carbocycles. The van der Waals surface area contributed by atoms with Gasteiger partial charge in [-0.1, -0.05) is 12.1 Å². The molecule has 0 amide bonds. The van der Waals surface area contributed by atoms with E-state index in [1.165, 1.54) is 32.0 Å². The molecule has 0 radical (unpaired) electrons. The monoisotopic (exact) mass is 462 g/mol. The Morgan fingerprint density at radius 3 is 2.12 bits per heavy atom. The van der Waals surface area contributed by atoms with Gasteiger partial charge in [-0.15, -0.1) is 0 Å². The van der Waals surface area contributed by atoms with Crippen molar-refractivity contribution in [2.75, 3.05) is 10.6 Å². The second-order valence-electron chi connectivity index (χ2n) is 5.55. The molecular formula is C15H15BrN2O6S2. The smallest absolute Gasteiger partial charge is 0.280 e. The van der Waals surface area contributed by atoms with E-state index in [1.807, 2.05) is 0 Å². The molecule has 0 spiro atoms. The number of rotatable bonds is 6. The predicted octanol–water partition coefficient (Wildman–Crippen LogP) is 2.87. The minimum absolute atomic E-state index is 0.0281. The molecule has 0 saturated carbocycles. The highest BCUT2D eigenvalue weighted by atomic mass is 79.9. The SMILES string of the molecule is Cc1cc(NS(=O)(=O)c2ccccc2Br)cc(C)c1S(=O)(=O)C[N+](=O)[O-]. The summed E-state index contributed by atoms with van der Waals surface area (Å²) in [5.74, 6) is -1.23. The Morgan fingerprint density at radius 2 is 1.62 bits per heavy atom. The van der Waals surface area contributed by atoms with E-state index in [2.05, 4.69) is 20.7 Å². The zero-order valence-corrected chi connectivity index (χ0v) is 17.0. The van der Waals surface area contributed by atoms with Gasteiger partial charge < -0.3 is 0 Å². The highest BCUT2D eigenvalue weighted by Crippen LogP contribution is 2.28. The van der Waals surface area contributed by atoms with Crippen molar-refractivity contribution >= 4 is 41.5 Å². The summed E-state index contributed by atoms with van der Waals surface area (Å²) in [6, 6.07) is 8.90. The standard InChI is InChI=1S/C15H15BrN2O6S2/c1-10-7-12(8-11(2)15(10)25(21,22)9-18(19)20)17-26(23,24)14-6-4-3-5-13(14)16/h3-8,17H,9H2,1-2H3. The summed E-state index contributed by atoms with van der Waals surface area (Å²) < 4.78 is 52.1. The van der Waals surface area contributed by atoms with Gasteiger partial charge >= 0.3 is 5.88 Å². The highest BCUT2D eigenvalue weighted by Gasteiger charge is 2.26. The van der Waals surface area contributed by atoms with Crippen LogP contribution in [0.5, 0.6) is 0 Å². The summed E-state index contributed by atoms with van der Waals surface area (Å²) in [5, 5.41) is 10.6. The van der Waals surface area contributed by atoms with Gasteiger partial charge in [-0.25, -0.2) is 16.8 Å². The third-order valence-corrected chi connectivity index (χ3v) is 7.64. The minimum atomic E-state index is -4.12. The quantitative estimate of drug-likeness (QED) is 0.519. The van der Waals surface area contributed by atoms with Crippen molar-refractivity contribution in [1.82, 2.24) is 0 Å². The van der Waals surface area contributed by atoms with Crippen LogP contribution in [0.2, 0.25) is 0 Å². The molecule has 0 aliphatic rings. The molecule has 0 saturated heterocycles. The van der Waals surface area contributed by atoms with E-state index in [1.54, 1.807) is 18.2 Å². The molecule has 2 aromatic rings. The number of nitro groups is 1. The number of nitrogens with zero attached hydrogens (tertiary/aromatic N) is 1. The number of hydrogen-bond donors (Lipinski definition) is 1. The van der Waals surface area contributed by atoms with Gasteiger partial charge in [-0.05, 0) is 65.2 Å². The van der Waals surface area contributed by atoms with Gasteiger partial charge in [0.15, 0.2) is 0 Å². The first kappa shape index (κ1) is 20.3. The second kappa shape index (κ2) is 7.33. The fourth-order valence-electron chi connectivity index (χ4n) is 2.58. The zero-order valence-electron chi connectivity index (χ0n) is 13.8. The summed E-state index contributed by atoms with van der Waals surface area (Å²) in [5.41, 5.74) is 0.601. The van der Waals surface area contributed by atoms with Crippen molar-refractivity contribution in [3.8, 4) is 0 Å². The van der Waals surface area contributed by atoms with Gasteiger partial charge in [0.1, 0.15) is 4.90 Å². The lowest BCUT2D eigenvalue weighted by Crippen LogP contribution is -2.18. The fraction of sp³-hybridized carbons (Fsp3) is 0.200. The first-order valence-electron chi connectivity index (χ1n) is 7.17. The number of hydrogen-bond acceptors (Lipinski definition) is 6. The fourth-order valence-corrected chi connectivity index (χ4v) is 6.13. The van der Waals surface area contributed by atoms with Crippen LogP contribution in [0.15, 0.2) is 50.7 Å². The molecule has 140 valence electrons. The Morgan fingerprint density at radius 1 is 1.08 bits per heavy atom. The van der Waals surface area contributed by atoms with Gasteiger partial charge in [0.05, 0.1) is 4.90 Å². The van der Waals surface area contributed by atoms with Gasteiger partial charge in [0.25, 0.3) is 10.0 Å². The van der Waals surface area contributed by atoms with Crippen molar-refractivity contribution in [3.63, 3.8) is 0 Å². The van der Waals surface area contributed by atoms with Crippen molar-refractivity contribution in [2.45, 2.75) is 23.6 Å². The van der Waals surface area contributed by atoms with Crippen LogP contribution in [0.4, 0.5) is 5.69 Å². The molecule has 1 N–H and O–H groups in total. The van der Waals surface area contributed by atoms with Crippen LogP contribution < -0.4 is 4.72 Å². The third kappa shape index (κ3) is 4.40. The summed E-state index contributed by atoms with van der Waals surface area (Å²) in [7, 11) is -8.02. The van der Waals surface area contributed by atoms with Crippen LogP contribution in [-0.4, -0.2) is 27.6 Å². The van der Waals surface area contributed by atoms with Crippen LogP contribution in [0.25, 0.3) is 0 Å². The van der Waals surface area contributed by atoms with Gasteiger partial charge in [0.2, 0.25) is 9.84 Å². The van der Waals surface area contributed by atoms with Crippen molar-refractivity contribution < 1.29 is 21.8 Å². The van der Waals surface area contributed by atoms with E-state index >= 15 is 0 Å². The first-order chi connectivity index (χ1) is 11.9. The van der Waals surface area contributed by atoms with Crippen molar-refractivity contribution in [1.29, 1.82) is 0 Å². The molecule has 8 nitrogen and oxygen atoms in total. The van der Waals surface area contributed by atoms with E-state index in [0.29, 0.717) is 4.47 Å². The Balaban J connectivity index is 2.46. The Hall–Kier alpha value is -1.98. The Bertz CT molecular complexity index is 1060. The largest absolute Gasteiger partial charge is 0.305 e. The van der Waals surface area contributed by atoms with Crippen molar-refractivity contribution in [2.24, 2.45) is 0 Å². The van der Waals surface area contributed by atoms with Crippen LogP contribution in [-0.2, 0) is 19.9 Å². The summed E-state index contributed by atoms with van der Waals surface area (Å²) in [6.45, 7) is 2.91. The number of anilines is 1. The average molecular weight is 463 g/mol. The maximum absolute atomic E-state index is 12.5. The van der Waals surface area contributed by atoms with Crippen LogP contribution in [0, 0.1) is 24.0 Å². The lowest BCUT2D eigenvalue weighted by Gasteiger charge is -2.14. The third-order valence-electron chi connectivity index (χ3n) is 3.43. The molecule has 26 heavy (non-hydrogen) atoms. The molecule has 0 aromatic heterocycles. The molecule has 2 rings (SSSR count). The number of nitrogens with one attached hydrogen (secondary N) is 1. The number of sulfone groups is 1. The molecule has 11 heteroatoms. The zero-order chi connectivity index (χ0) is 19.7. The first-order valence-corrected chi connectivity index (χ1v) is 11.1. The van der Waals surface area contributed by atoms with E-state index < -0.39 is 30.7 Å². The lowest BCUT2D eigenvalue weighted by molar-refractivity contribution is -0.458. The molecule has 0 aliphatic heterocycles. The topological polar surface area (TPSA) is 123 Å². The Labute approximate surface area is 159 Å². The molecule has 0 unspecified atom stereocenters. The number of halogens is 1. The number of sulfonamides is 1. The summed E-state index contributed by atoms with van der Waals surface area (Å²) in [6.07, 6.45) is 0. The van der Waals surface area contributed by atoms with Gasteiger partial charge in [-0.2, -0.15) is 0 Å². The molecule has 0 heterocycles. The van der Waals surface area contributed by atoms with E-state index in [9.17, 15) is 26.9 Å². The van der Waals surface area contributed by atoms with Crippen LogP contribution >= 0.6 is 15.9 Å². The predicted molar refractivity (Wildman–Crippen MR) is 99.9 cm³/mol. The van der Waals surface area contributed by atoms with Gasteiger partial charge in [0, 0.05) is 15.1 Å². The van der Waals surface area contributed by atoms with Crippen LogP contribution in [0.3, 0.4) is 0 Å². The molecule has 0 bridgehead atoms. The normalized spacial score (nSPS) is 12.0. The highest BCUT2D eigenvalue weighted by molar-refractivity contribution is 9.10. The summed E-state index contributed by atoms with van der Waals surface area (Å²) in [4.78, 5) is 9.53. The number of aryl methyl sites for hydroxylation is 2. The van der Waals surface area contributed by atoms with Crippen molar-refractivity contribution in [3.05, 3.63) is 62.1 Å². The second-order valence-corrected chi connectivity index (χ2v) is 9.95. The molecular weight excluding hydrogens is 448 g/mol. The van der Waals surface area contributed by atoms with E-state index in [4.69, 9.17) is 0 Å². The van der Waals surface area contributed by atoms with Crippen LogP contribution in [0.1, 0.15) is 11.1 Å². The molecule has 0 fully saturated rings. The van der Waals surface area contributed by atoms with Gasteiger partial charge in [-0.3, -0.25) is 14.8 Å². The maximum atomic E-state index is 12.5. The maximum Gasteiger partial charge on any atom is 0.305 e. The molecule has 0 atom stereocenters. The average Bonchev–Trinajstić information content (AvgIpc) is 2.44. The Kier molecular flexibility index (Phi) is 5.73. The summed E-state index contributed by atoms with van der Waals surface area (Å²) >= 11 is 3.17. The number of benzene rings is 2. The van der Waals surface area contributed by atoms with E-state index in [0.717, 1.165) is 0 Å².